The third-order valence-electron chi connectivity index (χ3n) is 1.34. The Balaban J connectivity index is 2.39. The molecular weight excluding hydrogens is 194 g/mol. The summed E-state index contributed by atoms with van der Waals surface area (Å²) in [6.45, 7) is 0. The van der Waals surface area contributed by atoms with Crippen molar-refractivity contribution in [3.8, 4) is 10.8 Å². The van der Waals surface area contributed by atoms with Crippen molar-refractivity contribution in [3.05, 3.63) is 27.8 Å². The fraction of sp³-hybridized carbons (Fsp3) is 0. The van der Waals surface area contributed by atoms with Crippen LogP contribution in [0.4, 0.5) is 5.88 Å². The second-order valence-electron chi connectivity index (χ2n) is 2.14. The Morgan fingerprint density at radius 3 is 2.92 bits per heavy atom. The van der Waals surface area contributed by atoms with Crippen molar-refractivity contribution in [1.82, 2.24) is 10.2 Å². The van der Waals surface area contributed by atoms with E-state index in [9.17, 15) is 10.1 Å². The average Bonchev–Trinajstić information content (AvgIpc) is 2.75. The molecule has 2 aromatic rings. The molecule has 0 aliphatic rings. The fourth-order valence-corrected chi connectivity index (χ4v) is 1.34. The standard InChI is InChI=1S/C6H3N3O3S/c10-9(11)5-2-1-4(12-5)6-8-7-3-13-6/h1-3H. The van der Waals surface area contributed by atoms with E-state index in [4.69, 9.17) is 4.42 Å². The first-order valence-electron chi connectivity index (χ1n) is 3.28. The maximum Gasteiger partial charge on any atom is 0.433 e. The van der Waals surface area contributed by atoms with Gasteiger partial charge in [0.2, 0.25) is 0 Å². The first-order chi connectivity index (χ1) is 6.27. The van der Waals surface area contributed by atoms with Crippen LogP contribution < -0.4 is 0 Å². The van der Waals surface area contributed by atoms with Crippen LogP contribution in [0.15, 0.2) is 22.1 Å². The Morgan fingerprint density at radius 1 is 1.54 bits per heavy atom. The van der Waals surface area contributed by atoms with Crippen molar-refractivity contribution in [2.24, 2.45) is 0 Å². The zero-order chi connectivity index (χ0) is 9.26. The summed E-state index contributed by atoms with van der Waals surface area (Å²) in [4.78, 5) is 9.67. The number of furan rings is 1. The van der Waals surface area contributed by atoms with Crippen LogP contribution in [0.25, 0.3) is 10.8 Å². The molecule has 0 saturated carbocycles. The van der Waals surface area contributed by atoms with Crippen LogP contribution in [0.5, 0.6) is 0 Å². The van der Waals surface area contributed by atoms with Crippen LogP contribution in [0.2, 0.25) is 0 Å². The lowest BCUT2D eigenvalue weighted by Gasteiger charge is -1.84. The van der Waals surface area contributed by atoms with Crippen LogP contribution >= 0.6 is 11.3 Å². The van der Waals surface area contributed by atoms with Crippen LogP contribution in [0.1, 0.15) is 0 Å². The van der Waals surface area contributed by atoms with Crippen LogP contribution in [-0.2, 0) is 0 Å². The Kier molecular flexibility index (Phi) is 1.78. The number of nitro groups is 1. The summed E-state index contributed by atoms with van der Waals surface area (Å²) in [5.74, 6) is 0.0828. The molecule has 2 heterocycles. The van der Waals surface area contributed by atoms with Crippen molar-refractivity contribution in [1.29, 1.82) is 0 Å². The van der Waals surface area contributed by atoms with Gasteiger partial charge in [0.05, 0.1) is 6.07 Å². The minimum absolute atomic E-state index is 0.287. The number of aromatic nitrogens is 2. The maximum atomic E-state index is 10.3. The van der Waals surface area contributed by atoms with E-state index in [0.717, 1.165) is 0 Å². The second-order valence-corrected chi connectivity index (χ2v) is 2.97. The first-order valence-corrected chi connectivity index (χ1v) is 4.16. The monoisotopic (exact) mass is 197 g/mol. The molecule has 0 amide bonds. The third kappa shape index (κ3) is 1.41. The van der Waals surface area contributed by atoms with Gasteiger partial charge in [0, 0.05) is 0 Å². The molecular formula is C6H3N3O3S. The van der Waals surface area contributed by atoms with Gasteiger partial charge in [0.1, 0.15) is 10.4 Å². The lowest BCUT2D eigenvalue weighted by molar-refractivity contribution is -0.401. The fourth-order valence-electron chi connectivity index (χ4n) is 0.821. The first kappa shape index (κ1) is 7.87. The van der Waals surface area contributed by atoms with E-state index >= 15 is 0 Å². The number of rotatable bonds is 2. The highest BCUT2D eigenvalue weighted by Gasteiger charge is 2.14. The van der Waals surface area contributed by atoms with Gasteiger partial charge in [0.25, 0.3) is 0 Å². The van der Waals surface area contributed by atoms with Crippen molar-refractivity contribution in [3.63, 3.8) is 0 Å². The van der Waals surface area contributed by atoms with Crippen LogP contribution in [0, 0.1) is 10.1 Å². The van der Waals surface area contributed by atoms with E-state index in [1.165, 1.54) is 29.0 Å². The summed E-state index contributed by atoms with van der Waals surface area (Å²) in [5, 5.41) is 18.1. The van der Waals surface area contributed by atoms with Gasteiger partial charge in [-0.2, -0.15) is 0 Å². The minimum Gasteiger partial charge on any atom is -0.398 e. The lowest BCUT2D eigenvalue weighted by atomic mass is 10.5. The van der Waals surface area contributed by atoms with E-state index < -0.39 is 4.92 Å². The van der Waals surface area contributed by atoms with Gasteiger partial charge in [-0.1, -0.05) is 11.3 Å². The van der Waals surface area contributed by atoms with Crippen molar-refractivity contribution in [2.45, 2.75) is 0 Å². The second kappa shape index (κ2) is 2.94. The van der Waals surface area contributed by atoms with E-state index in [2.05, 4.69) is 10.2 Å². The molecule has 7 heteroatoms. The summed E-state index contributed by atoms with van der Waals surface area (Å²) in [6.07, 6.45) is 0. The van der Waals surface area contributed by atoms with E-state index in [1.54, 1.807) is 0 Å². The van der Waals surface area contributed by atoms with Crippen LogP contribution in [-0.4, -0.2) is 15.1 Å². The van der Waals surface area contributed by atoms with Crippen molar-refractivity contribution < 1.29 is 9.34 Å². The normalized spacial score (nSPS) is 10.2. The molecule has 66 valence electrons. The minimum atomic E-state index is -0.593. The van der Waals surface area contributed by atoms with E-state index in [0.29, 0.717) is 10.8 Å². The van der Waals surface area contributed by atoms with Crippen molar-refractivity contribution >= 4 is 17.2 Å². The Hall–Kier alpha value is -1.76. The van der Waals surface area contributed by atoms with E-state index in [1.807, 2.05) is 0 Å². The molecule has 6 nitrogen and oxygen atoms in total. The third-order valence-corrected chi connectivity index (χ3v) is 2.05. The molecule has 13 heavy (non-hydrogen) atoms. The van der Waals surface area contributed by atoms with Crippen LogP contribution in [0.3, 0.4) is 0 Å². The molecule has 0 aliphatic heterocycles. The summed E-state index contributed by atoms with van der Waals surface area (Å²) in [5.41, 5.74) is 1.53. The predicted molar refractivity (Wildman–Crippen MR) is 44.3 cm³/mol. The zero-order valence-electron chi connectivity index (χ0n) is 6.21. The number of hydrogen-bond donors (Lipinski definition) is 0. The molecule has 0 aliphatic carbocycles. The summed E-state index contributed by atoms with van der Waals surface area (Å²) in [6, 6.07) is 2.79. The van der Waals surface area contributed by atoms with E-state index in [-0.39, 0.29) is 5.88 Å². The topological polar surface area (TPSA) is 82.1 Å². The van der Waals surface area contributed by atoms with Gasteiger partial charge >= 0.3 is 5.88 Å². The largest absolute Gasteiger partial charge is 0.433 e. The molecule has 0 atom stereocenters. The van der Waals surface area contributed by atoms with Gasteiger partial charge in [-0.3, -0.25) is 10.1 Å². The van der Waals surface area contributed by atoms with Gasteiger partial charge in [-0.05, 0) is 6.07 Å². The van der Waals surface area contributed by atoms with Crippen molar-refractivity contribution in [2.75, 3.05) is 0 Å². The number of hydrogen-bond acceptors (Lipinski definition) is 6. The maximum absolute atomic E-state index is 10.3. The molecule has 0 radical (unpaired) electrons. The summed E-state index contributed by atoms with van der Waals surface area (Å²) >= 11 is 1.26. The Labute approximate surface area is 76.0 Å². The highest BCUT2D eigenvalue weighted by atomic mass is 32.1. The highest BCUT2D eigenvalue weighted by Crippen LogP contribution is 2.26. The predicted octanol–water partition coefficient (Wildman–Crippen LogP) is 1.71. The van der Waals surface area contributed by atoms with Gasteiger partial charge in [-0.25, -0.2) is 0 Å². The van der Waals surface area contributed by atoms with Gasteiger partial charge < -0.3 is 4.42 Å². The smallest absolute Gasteiger partial charge is 0.398 e. The Morgan fingerprint density at radius 2 is 2.38 bits per heavy atom. The molecule has 0 spiro atoms. The zero-order valence-corrected chi connectivity index (χ0v) is 7.02. The molecule has 2 aromatic heterocycles. The summed E-state index contributed by atoms with van der Waals surface area (Å²) in [7, 11) is 0. The van der Waals surface area contributed by atoms with Gasteiger partial charge in [0.15, 0.2) is 10.8 Å². The average molecular weight is 197 g/mol. The highest BCUT2D eigenvalue weighted by molar-refractivity contribution is 7.12. The molecule has 0 bridgehead atoms. The SMILES string of the molecule is O=[N+]([O-])c1ccc(-c2nncs2)o1. The molecule has 0 unspecified atom stereocenters. The lowest BCUT2D eigenvalue weighted by Crippen LogP contribution is -1.82. The molecule has 0 saturated heterocycles. The van der Waals surface area contributed by atoms with Gasteiger partial charge in [-0.15, -0.1) is 10.2 Å². The number of nitrogens with zero attached hydrogens (tertiary/aromatic N) is 3. The molecule has 0 aromatic carbocycles. The molecule has 2 rings (SSSR count). The summed E-state index contributed by atoms with van der Waals surface area (Å²) < 4.78 is 4.90. The molecule has 0 fully saturated rings. The Bertz CT molecular complexity index is 422. The quantitative estimate of drug-likeness (QED) is 0.540. The molecule has 0 N–H and O–H groups in total.